The van der Waals surface area contributed by atoms with E-state index in [1.54, 1.807) is 6.08 Å². The minimum absolute atomic E-state index is 0.0293. The van der Waals surface area contributed by atoms with Gasteiger partial charge in [-0.05, 0) is 26.0 Å². The number of nitrogens with zero attached hydrogens (tertiary/aromatic N) is 3. The third-order valence-corrected chi connectivity index (χ3v) is 4.94. The Morgan fingerprint density at radius 3 is 2.96 bits per heavy atom. The SMILES string of the molecule is C=CCn1c(S[C@H](C)C(=O)NCC)nnc1[C@@H]1COc2ccccc2O1. The first kappa shape index (κ1) is 18.3. The maximum atomic E-state index is 12.0. The summed E-state index contributed by atoms with van der Waals surface area (Å²) in [5.41, 5.74) is 0. The van der Waals surface area contributed by atoms with E-state index in [1.807, 2.05) is 42.7 Å². The van der Waals surface area contributed by atoms with E-state index >= 15 is 0 Å². The molecule has 138 valence electrons. The molecular formula is C18H22N4O3S. The largest absolute Gasteiger partial charge is 0.485 e. The number of carbonyl (C=O) groups excluding carboxylic acids is 1. The second kappa shape index (κ2) is 8.27. The van der Waals surface area contributed by atoms with E-state index in [0.717, 1.165) is 5.75 Å². The number of amides is 1. The smallest absolute Gasteiger partial charge is 0.233 e. The number of hydrogen-bond acceptors (Lipinski definition) is 6. The lowest BCUT2D eigenvalue weighted by molar-refractivity contribution is -0.120. The quantitative estimate of drug-likeness (QED) is 0.593. The average Bonchev–Trinajstić information content (AvgIpc) is 3.04. The van der Waals surface area contributed by atoms with Gasteiger partial charge in [0.2, 0.25) is 5.91 Å². The molecule has 7 nitrogen and oxygen atoms in total. The molecule has 1 aliphatic heterocycles. The predicted molar refractivity (Wildman–Crippen MR) is 99.5 cm³/mol. The zero-order valence-corrected chi connectivity index (χ0v) is 15.7. The molecule has 0 aliphatic carbocycles. The van der Waals surface area contributed by atoms with Crippen molar-refractivity contribution in [3.05, 3.63) is 42.7 Å². The number of ether oxygens (including phenoxy) is 2. The Morgan fingerprint density at radius 1 is 1.46 bits per heavy atom. The van der Waals surface area contributed by atoms with Crippen molar-refractivity contribution < 1.29 is 14.3 Å². The van der Waals surface area contributed by atoms with Crippen molar-refractivity contribution in [2.45, 2.75) is 36.9 Å². The van der Waals surface area contributed by atoms with Crippen molar-refractivity contribution in [1.29, 1.82) is 0 Å². The fourth-order valence-corrected chi connectivity index (χ4v) is 3.49. The molecule has 1 aliphatic rings. The zero-order chi connectivity index (χ0) is 18.5. The van der Waals surface area contributed by atoms with Crippen LogP contribution in [0.4, 0.5) is 0 Å². The maximum absolute atomic E-state index is 12.0. The number of rotatable bonds is 7. The number of allylic oxidation sites excluding steroid dienone is 1. The molecule has 1 aromatic heterocycles. The van der Waals surface area contributed by atoms with E-state index in [-0.39, 0.29) is 17.3 Å². The van der Waals surface area contributed by atoms with Crippen LogP contribution in [0.15, 0.2) is 42.1 Å². The monoisotopic (exact) mass is 374 g/mol. The van der Waals surface area contributed by atoms with Gasteiger partial charge >= 0.3 is 0 Å². The molecule has 0 unspecified atom stereocenters. The number of hydrogen-bond donors (Lipinski definition) is 1. The Bertz CT molecular complexity index is 792. The van der Waals surface area contributed by atoms with Gasteiger partial charge in [0.25, 0.3) is 0 Å². The van der Waals surface area contributed by atoms with Gasteiger partial charge in [0, 0.05) is 13.1 Å². The Balaban J connectivity index is 1.81. The molecular weight excluding hydrogens is 352 g/mol. The van der Waals surface area contributed by atoms with E-state index < -0.39 is 0 Å². The van der Waals surface area contributed by atoms with Gasteiger partial charge in [-0.2, -0.15) is 0 Å². The molecule has 0 radical (unpaired) electrons. The highest BCUT2D eigenvalue weighted by atomic mass is 32.2. The minimum atomic E-state index is -0.369. The summed E-state index contributed by atoms with van der Waals surface area (Å²) in [6.45, 7) is 9.02. The standard InChI is InChI=1S/C18H22N4O3S/c1-4-10-22-16(15-11-24-13-8-6-7-9-14(13)25-15)20-21-18(22)26-12(3)17(23)19-5-2/h4,6-9,12,15H,1,5,10-11H2,2-3H3,(H,19,23)/t12-,15+/m1/s1. The van der Waals surface area contributed by atoms with E-state index in [0.29, 0.717) is 36.4 Å². The van der Waals surface area contributed by atoms with Crippen molar-refractivity contribution in [1.82, 2.24) is 20.1 Å². The minimum Gasteiger partial charge on any atom is -0.485 e. The Hall–Kier alpha value is -2.48. The van der Waals surface area contributed by atoms with Crippen LogP contribution in [0, 0.1) is 0 Å². The van der Waals surface area contributed by atoms with Gasteiger partial charge < -0.3 is 14.8 Å². The Kier molecular flexibility index (Phi) is 5.82. The van der Waals surface area contributed by atoms with Crippen molar-refractivity contribution in [3.63, 3.8) is 0 Å². The predicted octanol–water partition coefficient (Wildman–Crippen LogP) is 2.59. The number of carbonyl (C=O) groups is 1. The molecule has 2 aromatic rings. The summed E-state index contributed by atoms with van der Waals surface area (Å²) in [4.78, 5) is 12.0. The molecule has 3 rings (SSSR count). The van der Waals surface area contributed by atoms with Crippen LogP contribution in [0.25, 0.3) is 0 Å². The van der Waals surface area contributed by atoms with Gasteiger partial charge in [-0.3, -0.25) is 9.36 Å². The van der Waals surface area contributed by atoms with Crippen LogP contribution < -0.4 is 14.8 Å². The highest BCUT2D eigenvalue weighted by Gasteiger charge is 2.29. The molecule has 0 saturated heterocycles. The summed E-state index contributed by atoms with van der Waals surface area (Å²) < 4.78 is 13.7. The third kappa shape index (κ3) is 3.85. The molecule has 0 spiro atoms. The fourth-order valence-electron chi connectivity index (χ4n) is 2.60. The summed E-state index contributed by atoms with van der Waals surface area (Å²) in [6, 6.07) is 7.53. The van der Waals surface area contributed by atoms with Gasteiger partial charge in [0.1, 0.15) is 6.61 Å². The number of thioether (sulfide) groups is 1. The lowest BCUT2D eigenvalue weighted by atomic mass is 10.2. The highest BCUT2D eigenvalue weighted by Crippen LogP contribution is 2.36. The Labute approximate surface area is 156 Å². The number of nitrogens with one attached hydrogen (secondary N) is 1. The van der Waals surface area contributed by atoms with E-state index in [4.69, 9.17) is 9.47 Å². The summed E-state index contributed by atoms with van der Waals surface area (Å²) in [6.07, 6.45) is 1.40. The second-order valence-electron chi connectivity index (χ2n) is 5.76. The molecule has 2 heterocycles. The molecule has 8 heteroatoms. The number of fused-ring (bicyclic) bond motifs is 1. The lowest BCUT2D eigenvalue weighted by Gasteiger charge is -2.26. The molecule has 0 bridgehead atoms. The molecule has 2 atom stereocenters. The van der Waals surface area contributed by atoms with Gasteiger partial charge in [-0.15, -0.1) is 16.8 Å². The molecule has 1 amide bonds. The van der Waals surface area contributed by atoms with Crippen molar-refractivity contribution in [2.75, 3.05) is 13.2 Å². The van der Waals surface area contributed by atoms with Crippen LogP contribution >= 0.6 is 11.8 Å². The normalized spacial score (nSPS) is 16.8. The number of aromatic nitrogens is 3. The van der Waals surface area contributed by atoms with Crippen LogP contribution in [-0.2, 0) is 11.3 Å². The topological polar surface area (TPSA) is 78.3 Å². The first-order chi connectivity index (χ1) is 12.6. The van der Waals surface area contributed by atoms with Gasteiger partial charge in [-0.1, -0.05) is 30.0 Å². The number of para-hydroxylation sites is 2. The summed E-state index contributed by atoms with van der Waals surface area (Å²) in [5, 5.41) is 11.8. The third-order valence-electron chi connectivity index (χ3n) is 3.86. The van der Waals surface area contributed by atoms with Crippen molar-refractivity contribution in [2.24, 2.45) is 0 Å². The van der Waals surface area contributed by atoms with Crippen molar-refractivity contribution in [3.8, 4) is 11.5 Å². The van der Waals surface area contributed by atoms with Gasteiger partial charge in [-0.25, -0.2) is 0 Å². The summed E-state index contributed by atoms with van der Waals surface area (Å²) in [7, 11) is 0. The fraction of sp³-hybridized carbons (Fsp3) is 0.389. The first-order valence-electron chi connectivity index (χ1n) is 8.50. The average molecular weight is 374 g/mol. The first-order valence-corrected chi connectivity index (χ1v) is 9.38. The van der Waals surface area contributed by atoms with Crippen LogP contribution in [0.5, 0.6) is 11.5 Å². The van der Waals surface area contributed by atoms with Gasteiger partial charge in [0.05, 0.1) is 5.25 Å². The zero-order valence-electron chi connectivity index (χ0n) is 14.8. The summed E-state index contributed by atoms with van der Waals surface area (Å²) in [5.74, 6) is 2.03. The van der Waals surface area contributed by atoms with Crippen LogP contribution in [-0.4, -0.2) is 39.1 Å². The second-order valence-corrected chi connectivity index (χ2v) is 7.07. The van der Waals surface area contributed by atoms with Crippen LogP contribution in [0.1, 0.15) is 25.8 Å². The summed E-state index contributed by atoms with van der Waals surface area (Å²) >= 11 is 1.36. The molecule has 1 N–H and O–H groups in total. The maximum Gasteiger partial charge on any atom is 0.233 e. The van der Waals surface area contributed by atoms with E-state index in [9.17, 15) is 4.79 Å². The number of benzene rings is 1. The highest BCUT2D eigenvalue weighted by molar-refractivity contribution is 8.00. The molecule has 1 aromatic carbocycles. The van der Waals surface area contributed by atoms with Crippen molar-refractivity contribution >= 4 is 17.7 Å². The van der Waals surface area contributed by atoms with E-state index in [2.05, 4.69) is 22.1 Å². The van der Waals surface area contributed by atoms with Gasteiger partial charge in [0.15, 0.2) is 28.6 Å². The lowest BCUT2D eigenvalue weighted by Crippen LogP contribution is -2.30. The Morgan fingerprint density at radius 2 is 2.23 bits per heavy atom. The molecule has 0 saturated carbocycles. The molecule has 0 fully saturated rings. The van der Waals surface area contributed by atoms with E-state index in [1.165, 1.54) is 11.8 Å². The van der Waals surface area contributed by atoms with Crippen LogP contribution in [0.2, 0.25) is 0 Å². The van der Waals surface area contributed by atoms with Crippen LogP contribution in [0.3, 0.4) is 0 Å². The molecule has 26 heavy (non-hydrogen) atoms.